The number of piperidine rings is 1. The molecule has 0 saturated carbocycles. The predicted octanol–water partition coefficient (Wildman–Crippen LogP) is 1.88. The third-order valence-corrected chi connectivity index (χ3v) is 4.10. The highest BCUT2D eigenvalue weighted by Crippen LogP contribution is 2.20. The van der Waals surface area contributed by atoms with Crippen molar-refractivity contribution in [1.82, 2.24) is 10.6 Å². The molecule has 1 fully saturated rings. The maximum Gasteiger partial charge on any atom is 0.254 e. The van der Waals surface area contributed by atoms with Gasteiger partial charge in [0.2, 0.25) is 0 Å². The second-order valence-electron chi connectivity index (χ2n) is 5.57. The number of hydrogen-bond donors (Lipinski definition) is 2. The van der Waals surface area contributed by atoms with E-state index in [1.54, 1.807) is 7.11 Å². The van der Waals surface area contributed by atoms with Crippen LogP contribution in [0, 0.1) is 5.92 Å². The molecule has 0 bridgehead atoms. The number of hydrogen-bond acceptors (Lipinski definition) is 3. The Hall–Kier alpha value is -1.39. The van der Waals surface area contributed by atoms with Gasteiger partial charge in [-0.3, -0.25) is 4.79 Å². The first-order valence-electron chi connectivity index (χ1n) is 7.25. The molecule has 1 heterocycles. The minimum atomic E-state index is -0.544. The summed E-state index contributed by atoms with van der Waals surface area (Å²) in [5.41, 5.74) is 0.886. The SMILES string of the molecule is COC(C(=O)NC1C(C)CCNC1C)c1ccccc1. The first-order chi connectivity index (χ1) is 9.63. The van der Waals surface area contributed by atoms with Crippen molar-refractivity contribution in [3.05, 3.63) is 35.9 Å². The lowest BCUT2D eigenvalue weighted by Crippen LogP contribution is -2.56. The van der Waals surface area contributed by atoms with Crippen molar-refractivity contribution < 1.29 is 9.53 Å². The molecule has 4 heteroatoms. The number of nitrogens with one attached hydrogen (secondary N) is 2. The summed E-state index contributed by atoms with van der Waals surface area (Å²) >= 11 is 0. The van der Waals surface area contributed by atoms with Gasteiger partial charge in [-0.15, -0.1) is 0 Å². The van der Waals surface area contributed by atoms with Crippen molar-refractivity contribution >= 4 is 5.91 Å². The monoisotopic (exact) mass is 276 g/mol. The minimum absolute atomic E-state index is 0.0638. The van der Waals surface area contributed by atoms with Crippen LogP contribution in [0.4, 0.5) is 0 Å². The molecule has 2 rings (SSSR count). The van der Waals surface area contributed by atoms with E-state index in [0.29, 0.717) is 5.92 Å². The van der Waals surface area contributed by atoms with E-state index in [4.69, 9.17) is 4.74 Å². The minimum Gasteiger partial charge on any atom is -0.367 e. The molecule has 1 saturated heterocycles. The van der Waals surface area contributed by atoms with Crippen LogP contribution in [0.2, 0.25) is 0 Å². The van der Waals surface area contributed by atoms with Gasteiger partial charge in [-0.1, -0.05) is 37.3 Å². The van der Waals surface area contributed by atoms with Gasteiger partial charge < -0.3 is 15.4 Å². The topological polar surface area (TPSA) is 50.4 Å². The molecule has 4 nitrogen and oxygen atoms in total. The number of methoxy groups -OCH3 is 1. The van der Waals surface area contributed by atoms with E-state index < -0.39 is 6.10 Å². The fourth-order valence-corrected chi connectivity index (χ4v) is 2.87. The lowest BCUT2D eigenvalue weighted by Gasteiger charge is -2.36. The number of amides is 1. The van der Waals surface area contributed by atoms with Gasteiger partial charge in [-0.05, 0) is 31.4 Å². The lowest BCUT2D eigenvalue weighted by atomic mass is 9.89. The third kappa shape index (κ3) is 3.38. The van der Waals surface area contributed by atoms with Crippen LogP contribution in [0.5, 0.6) is 0 Å². The summed E-state index contributed by atoms with van der Waals surface area (Å²) in [6.45, 7) is 5.32. The fourth-order valence-electron chi connectivity index (χ4n) is 2.87. The number of rotatable bonds is 4. The van der Waals surface area contributed by atoms with Gasteiger partial charge in [-0.25, -0.2) is 0 Å². The number of ether oxygens (including phenoxy) is 1. The Morgan fingerprint density at radius 2 is 2.05 bits per heavy atom. The van der Waals surface area contributed by atoms with E-state index in [-0.39, 0.29) is 18.0 Å². The molecular weight excluding hydrogens is 252 g/mol. The third-order valence-electron chi connectivity index (χ3n) is 4.10. The zero-order valence-electron chi connectivity index (χ0n) is 12.4. The van der Waals surface area contributed by atoms with Crippen molar-refractivity contribution in [1.29, 1.82) is 0 Å². The van der Waals surface area contributed by atoms with E-state index in [2.05, 4.69) is 24.5 Å². The van der Waals surface area contributed by atoms with Gasteiger partial charge in [-0.2, -0.15) is 0 Å². The number of benzene rings is 1. The molecule has 20 heavy (non-hydrogen) atoms. The van der Waals surface area contributed by atoms with Crippen LogP contribution < -0.4 is 10.6 Å². The van der Waals surface area contributed by atoms with Gasteiger partial charge in [0.15, 0.2) is 6.10 Å². The number of carbonyl (C=O) groups is 1. The largest absolute Gasteiger partial charge is 0.367 e. The van der Waals surface area contributed by atoms with Crippen LogP contribution in [-0.4, -0.2) is 31.6 Å². The van der Waals surface area contributed by atoms with E-state index in [0.717, 1.165) is 18.5 Å². The summed E-state index contributed by atoms with van der Waals surface area (Å²) in [7, 11) is 1.57. The molecule has 4 unspecified atom stereocenters. The summed E-state index contributed by atoms with van der Waals surface area (Å²) in [5.74, 6) is 0.412. The Kier molecular flexibility index (Phi) is 5.15. The Morgan fingerprint density at radius 3 is 2.65 bits per heavy atom. The molecule has 1 amide bonds. The molecule has 0 radical (unpaired) electrons. The highest BCUT2D eigenvalue weighted by Gasteiger charge is 2.31. The fraction of sp³-hybridized carbons (Fsp3) is 0.562. The molecule has 2 N–H and O–H groups in total. The van der Waals surface area contributed by atoms with Crippen molar-refractivity contribution in [3.63, 3.8) is 0 Å². The van der Waals surface area contributed by atoms with Crippen LogP contribution in [0.15, 0.2) is 30.3 Å². The maximum absolute atomic E-state index is 12.5. The smallest absolute Gasteiger partial charge is 0.254 e. The maximum atomic E-state index is 12.5. The summed E-state index contributed by atoms with van der Waals surface area (Å²) in [6.07, 6.45) is 0.538. The molecule has 1 aliphatic rings. The van der Waals surface area contributed by atoms with E-state index in [9.17, 15) is 4.79 Å². The van der Waals surface area contributed by atoms with Crippen molar-refractivity contribution in [2.24, 2.45) is 5.92 Å². The van der Waals surface area contributed by atoms with Crippen molar-refractivity contribution in [3.8, 4) is 0 Å². The van der Waals surface area contributed by atoms with Crippen LogP contribution in [0.3, 0.4) is 0 Å². The highest BCUT2D eigenvalue weighted by molar-refractivity contribution is 5.82. The summed E-state index contributed by atoms with van der Waals surface area (Å²) in [5, 5.41) is 6.55. The molecular formula is C16H24N2O2. The summed E-state index contributed by atoms with van der Waals surface area (Å²) in [6, 6.07) is 10.0. The van der Waals surface area contributed by atoms with Crippen LogP contribution in [-0.2, 0) is 9.53 Å². The van der Waals surface area contributed by atoms with Gasteiger partial charge >= 0.3 is 0 Å². The molecule has 4 atom stereocenters. The Morgan fingerprint density at radius 1 is 1.35 bits per heavy atom. The molecule has 0 spiro atoms. The first-order valence-corrected chi connectivity index (χ1v) is 7.25. The Labute approximate surface area is 120 Å². The quantitative estimate of drug-likeness (QED) is 0.883. The zero-order chi connectivity index (χ0) is 14.5. The summed E-state index contributed by atoms with van der Waals surface area (Å²) < 4.78 is 5.38. The van der Waals surface area contributed by atoms with Gasteiger partial charge in [0, 0.05) is 19.2 Å². The first kappa shape index (κ1) is 15.0. The van der Waals surface area contributed by atoms with Gasteiger partial charge in [0.25, 0.3) is 5.91 Å². The standard InChI is InChI=1S/C16H24N2O2/c1-11-9-10-17-12(2)14(11)18-16(19)15(20-3)13-7-5-4-6-8-13/h4-8,11-12,14-15,17H,9-10H2,1-3H3,(H,18,19). The van der Waals surface area contributed by atoms with Gasteiger partial charge in [0.1, 0.15) is 0 Å². The summed E-state index contributed by atoms with van der Waals surface area (Å²) in [4.78, 5) is 12.5. The molecule has 0 aliphatic carbocycles. The number of carbonyl (C=O) groups excluding carboxylic acids is 1. The zero-order valence-corrected chi connectivity index (χ0v) is 12.4. The lowest BCUT2D eigenvalue weighted by molar-refractivity contribution is -0.133. The van der Waals surface area contributed by atoms with E-state index in [1.165, 1.54) is 0 Å². The Bertz CT molecular complexity index is 425. The average Bonchev–Trinajstić information content (AvgIpc) is 2.45. The molecule has 1 aromatic rings. The molecule has 0 aromatic heterocycles. The molecule has 110 valence electrons. The second kappa shape index (κ2) is 6.86. The van der Waals surface area contributed by atoms with E-state index in [1.807, 2.05) is 30.3 Å². The van der Waals surface area contributed by atoms with Crippen molar-refractivity contribution in [2.75, 3.05) is 13.7 Å². The Balaban J connectivity index is 2.06. The molecule has 1 aromatic carbocycles. The predicted molar refractivity (Wildman–Crippen MR) is 79.4 cm³/mol. The van der Waals surface area contributed by atoms with Crippen LogP contribution >= 0.6 is 0 Å². The van der Waals surface area contributed by atoms with Crippen molar-refractivity contribution in [2.45, 2.75) is 38.5 Å². The van der Waals surface area contributed by atoms with E-state index >= 15 is 0 Å². The highest BCUT2D eigenvalue weighted by atomic mass is 16.5. The normalized spacial score (nSPS) is 27.9. The van der Waals surface area contributed by atoms with Crippen LogP contribution in [0.1, 0.15) is 31.9 Å². The van der Waals surface area contributed by atoms with Crippen LogP contribution in [0.25, 0.3) is 0 Å². The molecule has 1 aliphatic heterocycles. The second-order valence-corrected chi connectivity index (χ2v) is 5.57. The average molecular weight is 276 g/mol. The van der Waals surface area contributed by atoms with Gasteiger partial charge in [0.05, 0.1) is 0 Å².